The second-order valence-electron chi connectivity index (χ2n) is 5.58. The Hall–Kier alpha value is -0.820. The van der Waals surface area contributed by atoms with E-state index in [1.54, 1.807) is 11.1 Å². The summed E-state index contributed by atoms with van der Waals surface area (Å²) in [6.45, 7) is 4.95. The van der Waals surface area contributed by atoms with Gasteiger partial charge in [-0.05, 0) is 68.3 Å². The lowest BCUT2D eigenvalue weighted by atomic mass is 9.99. The van der Waals surface area contributed by atoms with Gasteiger partial charge in [-0.25, -0.2) is 0 Å². The van der Waals surface area contributed by atoms with Crippen molar-refractivity contribution in [1.82, 2.24) is 4.90 Å². The Balaban J connectivity index is 1.75. The van der Waals surface area contributed by atoms with Gasteiger partial charge in [-0.15, -0.1) is 0 Å². The van der Waals surface area contributed by atoms with Gasteiger partial charge < -0.3 is 4.90 Å². The van der Waals surface area contributed by atoms with Gasteiger partial charge in [0.2, 0.25) is 0 Å². The van der Waals surface area contributed by atoms with Gasteiger partial charge in [-0.2, -0.15) is 0 Å². The summed E-state index contributed by atoms with van der Waals surface area (Å²) in [6.07, 6.45) is 7.93. The fourth-order valence-corrected chi connectivity index (χ4v) is 3.24. The highest BCUT2D eigenvalue weighted by Gasteiger charge is 2.25. The molecule has 17 heavy (non-hydrogen) atoms. The Morgan fingerprint density at radius 3 is 2.53 bits per heavy atom. The molecule has 1 aliphatic carbocycles. The van der Waals surface area contributed by atoms with Crippen LogP contribution < -0.4 is 0 Å². The largest absolute Gasteiger partial charge is 0.300 e. The van der Waals surface area contributed by atoms with Crippen LogP contribution in [0.1, 0.15) is 42.9 Å². The molecule has 1 nitrogen and oxygen atoms in total. The van der Waals surface area contributed by atoms with Crippen molar-refractivity contribution in [3.63, 3.8) is 0 Å². The standard InChI is InChI=1S/C16H23N/c1-2-13-4-5-14-6-8-16(17-10-3-11-17)9-7-15(14)12-13/h4-5,12,16H,2-3,6-11H2,1H3. The molecule has 1 heteroatoms. The number of nitrogens with zero attached hydrogens (tertiary/aromatic N) is 1. The fourth-order valence-electron chi connectivity index (χ4n) is 3.24. The van der Waals surface area contributed by atoms with Crippen molar-refractivity contribution >= 4 is 0 Å². The van der Waals surface area contributed by atoms with Crippen molar-refractivity contribution in [3.8, 4) is 0 Å². The summed E-state index contributed by atoms with van der Waals surface area (Å²) in [7, 11) is 0. The molecule has 2 aliphatic rings. The molecule has 0 aromatic heterocycles. The third kappa shape index (κ3) is 2.26. The van der Waals surface area contributed by atoms with Crippen molar-refractivity contribution in [2.45, 2.75) is 51.5 Å². The topological polar surface area (TPSA) is 3.24 Å². The third-order valence-electron chi connectivity index (χ3n) is 4.58. The number of aryl methyl sites for hydroxylation is 3. The van der Waals surface area contributed by atoms with E-state index in [1.807, 2.05) is 0 Å². The zero-order chi connectivity index (χ0) is 11.7. The van der Waals surface area contributed by atoms with E-state index in [4.69, 9.17) is 0 Å². The van der Waals surface area contributed by atoms with Gasteiger partial charge >= 0.3 is 0 Å². The van der Waals surface area contributed by atoms with E-state index in [2.05, 4.69) is 30.0 Å². The number of benzene rings is 1. The molecule has 1 unspecified atom stereocenters. The summed E-state index contributed by atoms with van der Waals surface area (Å²) < 4.78 is 0. The number of rotatable bonds is 2. The first kappa shape index (κ1) is 11.3. The second kappa shape index (κ2) is 4.81. The molecule has 92 valence electrons. The molecule has 1 heterocycles. The first-order valence-electron chi connectivity index (χ1n) is 7.21. The predicted octanol–water partition coefficient (Wildman–Crippen LogP) is 3.20. The van der Waals surface area contributed by atoms with E-state index in [9.17, 15) is 0 Å². The minimum Gasteiger partial charge on any atom is -0.300 e. The Morgan fingerprint density at radius 1 is 1.12 bits per heavy atom. The highest BCUT2D eigenvalue weighted by molar-refractivity contribution is 5.33. The lowest BCUT2D eigenvalue weighted by molar-refractivity contribution is 0.107. The lowest BCUT2D eigenvalue weighted by Crippen LogP contribution is -2.45. The van der Waals surface area contributed by atoms with Gasteiger partial charge in [0.25, 0.3) is 0 Å². The van der Waals surface area contributed by atoms with Crippen molar-refractivity contribution in [3.05, 3.63) is 34.9 Å². The van der Waals surface area contributed by atoms with Crippen LogP contribution >= 0.6 is 0 Å². The average Bonchev–Trinajstić information content (AvgIpc) is 2.49. The van der Waals surface area contributed by atoms with Crippen LogP contribution in [0.2, 0.25) is 0 Å². The molecule has 0 N–H and O–H groups in total. The molecule has 0 spiro atoms. The van der Waals surface area contributed by atoms with Gasteiger partial charge in [-0.1, -0.05) is 25.1 Å². The summed E-state index contributed by atoms with van der Waals surface area (Å²) in [6, 6.07) is 8.02. The maximum Gasteiger partial charge on any atom is 0.0102 e. The first-order valence-corrected chi connectivity index (χ1v) is 7.21. The van der Waals surface area contributed by atoms with Crippen LogP contribution in [0.15, 0.2) is 18.2 Å². The van der Waals surface area contributed by atoms with E-state index >= 15 is 0 Å². The highest BCUT2D eigenvalue weighted by atomic mass is 15.2. The minimum absolute atomic E-state index is 0.862. The fraction of sp³-hybridized carbons (Fsp3) is 0.625. The van der Waals surface area contributed by atoms with Crippen molar-refractivity contribution in [1.29, 1.82) is 0 Å². The van der Waals surface area contributed by atoms with E-state index in [0.29, 0.717) is 0 Å². The maximum absolute atomic E-state index is 2.69. The molecule has 1 aromatic carbocycles. The van der Waals surface area contributed by atoms with Crippen LogP contribution in [-0.2, 0) is 19.3 Å². The molecule has 0 bridgehead atoms. The monoisotopic (exact) mass is 229 g/mol. The van der Waals surface area contributed by atoms with Crippen molar-refractivity contribution in [2.24, 2.45) is 0 Å². The van der Waals surface area contributed by atoms with Crippen LogP contribution in [0.3, 0.4) is 0 Å². The van der Waals surface area contributed by atoms with Gasteiger partial charge in [0.05, 0.1) is 0 Å². The van der Waals surface area contributed by atoms with Gasteiger partial charge in [0.1, 0.15) is 0 Å². The molecule has 1 saturated heterocycles. The zero-order valence-corrected chi connectivity index (χ0v) is 10.9. The SMILES string of the molecule is CCc1ccc2c(c1)CCC(N1CCC1)CC2. The molecule has 0 radical (unpaired) electrons. The molecule has 1 atom stereocenters. The van der Waals surface area contributed by atoms with Crippen LogP contribution in [0.25, 0.3) is 0 Å². The Labute approximate surface area is 105 Å². The lowest BCUT2D eigenvalue weighted by Gasteiger charge is -2.38. The average molecular weight is 229 g/mol. The number of fused-ring (bicyclic) bond motifs is 1. The summed E-state index contributed by atoms with van der Waals surface area (Å²) >= 11 is 0. The molecule has 1 aromatic rings. The number of likely N-dealkylation sites (tertiary alicyclic amines) is 1. The van der Waals surface area contributed by atoms with Crippen LogP contribution in [0, 0.1) is 0 Å². The number of hydrogen-bond acceptors (Lipinski definition) is 1. The minimum atomic E-state index is 0.862. The summed E-state index contributed by atoms with van der Waals surface area (Å²) in [4.78, 5) is 2.69. The van der Waals surface area contributed by atoms with Crippen LogP contribution in [0.5, 0.6) is 0 Å². The maximum atomic E-state index is 2.69. The first-order chi connectivity index (χ1) is 8.36. The molecule has 0 amide bonds. The molecule has 0 saturated carbocycles. The second-order valence-corrected chi connectivity index (χ2v) is 5.58. The highest BCUT2D eigenvalue weighted by Crippen LogP contribution is 2.27. The Morgan fingerprint density at radius 2 is 1.88 bits per heavy atom. The summed E-state index contributed by atoms with van der Waals surface area (Å²) in [5.41, 5.74) is 4.75. The smallest absolute Gasteiger partial charge is 0.0102 e. The molecule has 3 rings (SSSR count). The van der Waals surface area contributed by atoms with Gasteiger partial charge in [0, 0.05) is 6.04 Å². The van der Waals surface area contributed by atoms with E-state index in [-0.39, 0.29) is 0 Å². The third-order valence-corrected chi connectivity index (χ3v) is 4.58. The van der Waals surface area contributed by atoms with E-state index in [1.165, 1.54) is 57.2 Å². The molecule has 1 aliphatic heterocycles. The summed E-state index contributed by atoms with van der Waals surface area (Å²) in [5, 5.41) is 0. The van der Waals surface area contributed by atoms with E-state index < -0.39 is 0 Å². The zero-order valence-electron chi connectivity index (χ0n) is 10.9. The van der Waals surface area contributed by atoms with Crippen LogP contribution in [0.4, 0.5) is 0 Å². The van der Waals surface area contributed by atoms with Crippen molar-refractivity contribution < 1.29 is 0 Å². The van der Waals surface area contributed by atoms with Crippen molar-refractivity contribution in [2.75, 3.05) is 13.1 Å². The quantitative estimate of drug-likeness (QED) is 0.704. The Kier molecular flexibility index (Phi) is 3.19. The van der Waals surface area contributed by atoms with E-state index in [0.717, 1.165) is 6.04 Å². The van der Waals surface area contributed by atoms with Gasteiger partial charge in [0.15, 0.2) is 0 Å². The summed E-state index contributed by atoms with van der Waals surface area (Å²) in [5.74, 6) is 0. The Bertz CT molecular complexity index is 393. The van der Waals surface area contributed by atoms with Gasteiger partial charge in [-0.3, -0.25) is 0 Å². The molecule has 1 fully saturated rings. The number of hydrogen-bond donors (Lipinski definition) is 0. The molecular weight excluding hydrogens is 206 g/mol. The molecular formula is C16H23N. The normalized spacial score (nSPS) is 24.9. The predicted molar refractivity (Wildman–Crippen MR) is 72.4 cm³/mol. The van der Waals surface area contributed by atoms with Crippen LogP contribution in [-0.4, -0.2) is 24.0 Å².